The quantitative estimate of drug-likeness (QED) is 0.106. The van der Waals surface area contributed by atoms with Crippen molar-refractivity contribution in [3.63, 3.8) is 0 Å². The highest BCUT2D eigenvalue weighted by molar-refractivity contribution is 4.81. The van der Waals surface area contributed by atoms with Crippen molar-refractivity contribution in [2.24, 2.45) is 29.6 Å². The van der Waals surface area contributed by atoms with E-state index in [1.54, 1.807) is 0 Å². The second-order valence-electron chi connectivity index (χ2n) is 12.9. The Hall–Kier alpha value is -0.0800. The zero-order valence-corrected chi connectivity index (χ0v) is 26.0. The van der Waals surface area contributed by atoms with E-state index >= 15 is 0 Å². The molecule has 0 aromatic heterocycles. The van der Waals surface area contributed by atoms with Crippen LogP contribution in [0.15, 0.2) is 0 Å². The summed E-state index contributed by atoms with van der Waals surface area (Å²) in [6.45, 7) is 14.7. The topological polar surface area (TPSA) is 24.1 Å². The van der Waals surface area contributed by atoms with E-state index in [0.29, 0.717) is 0 Å². The third-order valence-electron chi connectivity index (χ3n) is 9.67. The molecule has 0 bridgehead atoms. The SMILES string of the molecule is CCCCCCCNC(CCC(CC)[C@@H]1CCCC[C@H]([C@H](C)CCCCNC)C1)CC(C)CCCC. The molecule has 3 unspecified atom stereocenters. The molecule has 1 fully saturated rings. The minimum atomic E-state index is 0.741. The summed E-state index contributed by atoms with van der Waals surface area (Å²) in [6.07, 6.45) is 28.4. The molecule has 2 N–H and O–H groups in total. The van der Waals surface area contributed by atoms with Crippen LogP contribution in [0, 0.1) is 29.6 Å². The summed E-state index contributed by atoms with van der Waals surface area (Å²) in [6, 6.07) is 0.741. The van der Waals surface area contributed by atoms with Gasteiger partial charge >= 0.3 is 0 Å². The van der Waals surface area contributed by atoms with Gasteiger partial charge in [-0.1, -0.05) is 125 Å². The van der Waals surface area contributed by atoms with Gasteiger partial charge in [0.2, 0.25) is 0 Å². The monoisotopic (exact) mass is 507 g/mol. The Morgan fingerprint density at radius 3 is 2.08 bits per heavy atom. The minimum absolute atomic E-state index is 0.741. The zero-order valence-electron chi connectivity index (χ0n) is 26.0. The third-order valence-corrected chi connectivity index (χ3v) is 9.67. The standard InChI is InChI=1S/C34H70N2/c1-7-10-12-13-17-26-36-34(27-29(4)19-11-8-2)24-23-31(9-3)33-22-15-14-21-32(28-33)30(5)20-16-18-25-35-6/h29-36H,7-28H2,1-6H3/t29?,30-,31?,32+,33-,34?/m1/s1. The molecule has 0 amide bonds. The first-order valence-electron chi connectivity index (χ1n) is 16.9. The summed E-state index contributed by atoms with van der Waals surface area (Å²) in [5.74, 6) is 4.69. The van der Waals surface area contributed by atoms with E-state index in [4.69, 9.17) is 0 Å². The molecular weight excluding hydrogens is 436 g/mol. The first-order valence-corrected chi connectivity index (χ1v) is 16.9. The van der Waals surface area contributed by atoms with Gasteiger partial charge in [-0.3, -0.25) is 0 Å². The second-order valence-corrected chi connectivity index (χ2v) is 12.9. The minimum Gasteiger partial charge on any atom is -0.320 e. The van der Waals surface area contributed by atoms with Crippen molar-refractivity contribution in [2.45, 2.75) is 169 Å². The van der Waals surface area contributed by atoms with Gasteiger partial charge in [0.05, 0.1) is 0 Å². The van der Waals surface area contributed by atoms with Crippen molar-refractivity contribution >= 4 is 0 Å². The van der Waals surface area contributed by atoms with E-state index in [1.165, 1.54) is 142 Å². The normalized spacial score (nSPS) is 22.2. The van der Waals surface area contributed by atoms with Crippen LogP contribution in [0.4, 0.5) is 0 Å². The first-order chi connectivity index (χ1) is 17.5. The van der Waals surface area contributed by atoms with Crippen molar-refractivity contribution in [1.29, 1.82) is 0 Å². The lowest BCUT2D eigenvalue weighted by molar-refractivity contribution is 0.197. The number of hydrogen-bond donors (Lipinski definition) is 2. The van der Waals surface area contributed by atoms with Gasteiger partial charge in [0.1, 0.15) is 0 Å². The summed E-state index contributed by atoms with van der Waals surface area (Å²) in [7, 11) is 2.09. The van der Waals surface area contributed by atoms with Crippen LogP contribution in [-0.2, 0) is 0 Å². The highest BCUT2D eigenvalue weighted by Gasteiger charge is 2.29. The summed E-state index contributed by atoms with van der Waals surface area (Å²) >= 11 is 0. The van der Waals surface area contributed by atoms with Crippen LogP contribution < -0.4 is 10.6 Å². The average molecular weight is 507 g/mol. The van der Waals surface area contributed by atoms with Crippen LogP contribution in [-0.4, -0.2) is 26.2 Å². The van der Waals surface area contributed by atoms with Crippen LogP contribution in [0.2, 0.25) is 0 Å². The maximum Gasteiger partial charge on any atom is 0.00697 e. The fraction of sp³-hybridized carbons (Fsp3) is 1.00. The van der Waals surface area contributed by atoms with E-state index in [0.717, 1.165) is 35.6 Å². The average Bonchev–Trinajstić information content (AvgIpc) is 3.14. The smallest absolute Gasteiger partial charge is 0.00697 e. The molecule has 1 rings (SSSR count). The molecule has 6 atom stereocenters. The number of hydrogen-bond acceptors (Lipinski definition) is 2. The van der Waals surface area contributed by atoms with Gasteiger partial charge in [-0.25, -0.2) is 0 Å². The van der Waals surface area contributed by atoms with Gasteiger partial charge in [0.15, 0.2) is 0 Å². The van der Waals surface area contributed by atoms with Gasteiger partial charge in [0.25, 0.3) is 0 Å². The molecular formula is C34H70N2. The maximum absolute atomic E-state index is 4.05. The molecule has 1 aliphatic carbocycles. The first kappa shape index (κ1) is 33.9. The molecule has 0 aliphatic heterocycles. The zero-order chi connectivity index (χ0) is 26.4. The second kappa shape index (κ2) is 22.9. The van der Waals surface area contributed by atoms with E-state index in [1.807, 2.05) is 0 Å². The van der Waals surface area contributed by atoms with Gasteiger partial charge in [-0.05, 0) is 88.3 Å². The fourth-order valence-corrected chi connectivity index (χ4v) is 7.07. The van der Waals surface area contributed by atoms with E-state index in [2.05, 4.69) is 52.3 Å². The Kier molecular flexibility index (Phi) is 21.6. The van der Waals surface area contributed by atoms with Crippen molar-refractivity contribution in [2.75, 3.05) is 20.1 Å². The summed E-state index contributed by atoms with van der Waals surface area (Å²) < 4.78 is 0. The Labute approximate surface area is 229 Å². The lowest BCUT2D eigenvalue weighted by Crippen LogP contribution is -2.33. The third kappa shape index (κ3) is 16.0. The van der Waals surface area contributed by atoms with Crippen molar-refractivity contribution in [1.82, 2.24) is 10.6 Å². The van der Waals surface area contributed by atoms with Gasteiger partial charge < -0.3 is 10.6 Å². The van der Waals surface area contributed by atoms with Crippen LogP contribution in [0.1, 0.15) is 163 Å². The number of nitrogens with one attached hydrogen (secondary N) is 2. The molecule has 1 aliphatic rings. The fourth-order valence-electron chi connectivity index (χ4n) is 7.07. The molecule has 2 nitrogen and oxygen atoms in total. The molecule has 0 aromatic carbocycles. The molecule has 0 spiro atoms. The number of unbranched alkanes of at least 4 members (excludes halogenated alkanes) is 6. The molecule has 1 saturated carbocycles. The molecule has 0 heterocycles. The van der Waals surface area contributed by atoms with Crippen molar-refractivity contribution in [3.05, 3.63) is 0 Å². The van der Waals surface area contributed by atoms with Crippen molar-refractivity contribution in [3.8, 4) is 0 Å². The lowest BCUT2D eigenvalue weighted by atomic mass is 9.75. The summed E-state index contributed by atoms with van der Waals surface area (Å²) in [5, 5.41) is 7.38. The van der Waals surface area contributed by atoms with Crippen LogP contribution in [0.25, 0.3) is 0 Å². The summed E-state index contributed by atoms with van der Waals surface area (Å²) in [5.41, 5.74) is 0. The Balaban J connectivity index is 2.60. The van der Waals surface area contributed by atoms with Gasteiger partial charge in [0, 0.05) is 6.04 Å². The Morgan fingerprint density at radius 2 is 1.39 bits per heavy atom. The maximum atomic E-state index is 4.05. The molecule has 0 aromatic rings. The van der Waals surface area contributed by atoms with Crippen LogP contribution >= 0.6 is 0 Å². The Morgan fingerprint density at radius 1 is 0.694 bits per heavy atom. The van der Waals surface area contributed by atoms with Gasteiger partial charge in [-0.15, -0.1) is 0 Å². The van der Waals surface area contributed by atoms with E-state index in [9.17, 15) is 0 Å². The van der Waals surface area contributed by atoms with Crippen LogP contribution in [0.3, 0.4) is 0 Å². The predicted molar refractivity (Wildman–Crippen MR) is 164 cm³/mol. The van der Waals surface area contributed by atoms with Crippen LogP contribution in [0.5, 0.6) is 0 Å². The largest absolute Gasteiger partial charge is 0.320 e. The summed E-state index contributed by atoms with van der Waals surface area (Å²) in [4.78, 5) is 0. The molecule has 2 heteroatoms. The highest BCUT2D eigenvalue weighted by atomic mass is 14.9. The predicted octanol–water partition coefficient (Wildman–Crippen LogP) is 10.2. The highest BCUT2D eigenvalue weighted by Crippen LogP contribution is 2.40. The number of rotatable bonds is 23. The molecule has 0 radical (unpaired) electrons. The van der Waals surface area contributed by atoms with E-state index < -0.39 is 0 Å². The Bertz CT molecular complexity index is 464. The van der Waals surface area contributed by atoms with E-state index in [-0.39, 0.29) is 0 Å². The van der Waals surface area contributed by atoms with Crippen molar-refractivity contribution < 1.29 is 0 Å². The molecule has 0 saturated heterocycles. The molecule has 216 valence electrons. The molecule has 36 heavy (non-hydrogen) atoms. The van der Waals surface area contributed by atoms with Gasteiger partial charge in [-0.2, -0.15) is 0 Å². The lowest BCUT2D eigenvalue weighted by Gasteiger charge is -2.32.